The van der Waals surface area contributed by atoms with E-state index < -0.39 is 11.9 Å². The lowest BCUT2D eigenvalue weighted by Crippen LogP contribution is -2.10. The molecule has 0 atom stereocenters. The molecule has 0 fully saturated rings. The van der Waals surface area contributed by atoms with Crippen molar-refractivity contribution in [1.82, 2.24) is 4.98 Å². The zero-order chi connectivity index (χ0) is 12.3. The third kappa shape index (κ3) is 2.22. The van der Waals surface area contributed by atoms with Crippen LogP contribution in [0.4, 0.5) is 0 Å². The maximum absolute atomic E-state index is 11.3. The third-order valence-corrected chi connectivity index (χ3v) is 2.03. The van der Waals surface area contributed by atoms with Crippen molar-refractivity contribution in [3.63, 3.8) is 0 Å². The molecule has 0 unspecified atom stereocenters. The van der Waals surface area contributed by atoms with Gasteiger partial charge in [-0.15, -0.1) is 0 Å². The Hall–Kier alpha value is -1.82. The van der Waals surface area contributed by atoms with Crippen molar-refractivity contribution in [3.05, 3.63) is 22.3 Å². The van der Waals surface area contributed by atoms with Crippen LogP contribution in [0.25, 0.3) is 0 Å². The second kappa shape index (κ2) is 4.80. The van der Waals surface area contributed by atoms with Gasteiger partial charge in [0.2, 0.25) is 5.88 Å². The summed E-state index contributed by atoms with van der Waals surface area (Å²) in [4.78, 5) is 25.6. The van der Waals surface area contributed by atoms with Crippen molar-refractivity contribution in [2.24, 2.45) is 0 Å². The summed E-state index contributed by atoms with van der Waals surface area (Å²) in [6.45, 7) is 0. The van der Waals surface area contributed by atoms with Gasteiger partial charge in [-0.05, 0) is 6.07 Å². The van der Waals surface area contributed by atoms with Crippen molar-refractivity contribution in [3.8, 4) is 5.88 Å². The van der Waals surface area contributed by atoms with E-state index in [9.17, 15) is 9.59 Å². The quantitative estimate of drug-likeness (QED) is 0.806. The van der Waals surface area contributed by atoms with Crippen molar-refractivity contribution < 1.29 is 24.2 Å². The molecule has 0 aliphatic rings. The number of carbonyl (C=O) groups excluding carboxylic acids is 1. The van der Waals surface area contributed by atoms with E-state index in [2.05, 4.69) is 9.72 Å². The van der Waals surface area contributed by atoms with Gasteiger partial charge in [0.1, 0.15) is 5.56 Å². The average molecular weight is 246 g/mol. The maximum Gasteiger partial charge on any atom is 0.356 e. The smallest absolute Gasteiger partial charge is 0.356 e. The van der Waals surface area contributed by atoms with E-state index in [4.69, 9.17) is 21.4 Å². The number of rotatable bonds is 3. The lowest BCUT2D eigenvalue weighted by atomic mass is 10.2. The van der Waals surface area contributed by atoms with E-state index in [0.29, 0.717) is 0 Å². The number of esters is 1. The Morgan fingerprint density at radius 2 is 2.06 bits per heavy atom. The third-order valence-electron chi connectivity index (χ3n) is 1.74. The van der Waals surface area contributed by atoms with Crippen molar-refractivity contribution in [2.75, 3.05) is 14.2 Å². The first-order valence-corrected chi connectivity index (χ1v) is 4.45. The van der Waals surface area contributed by atoms with Crippen LogP contribution in [0.2, 0.25) is 5.02 Å². The number of carbonyl (C=O) groups is 2. The predicted octanol–water partition coefficient (Wildman–Crippen LogP) is 1.23. The Kier molecular flexibility index (Phi) is 3.68. The van der Waals surface area contributed by atoms with E-state index >= 15 is 0 Å². The SMILES string of the molecule is COC(=O)c1cc(Cl)c(C(=O)O)nc1OC. The van der Waals surface area contributed by atoms with Gasteiger partial charge in [0.05, 0.1) is 19.2 Å². The fraction of sp³-hybridized carbons (Fsp3) is 0.222. The molecule has 7 heteroatoms. The van der Waals surface area contributed by atoms with Gasteiger partial charge in [-0.1, -0.05) is 11.6 Å². The molecule has 0 saturated heterocycles. The highest BCUT2D eigenvalue weighted by Gasteiger charge is 2.20. The summed E-state index contributed by atoms with van der Waals surface area (Å²) in [6, 6.07) is 1.14. The van der Waals surface area contributed by atoms with Crippen LogP contribution in [0.15, 0.2) is 6.07 Å². The molecular formula is C9H8ClNO5. The summed E-state index contributed by atoms with van der Waals surface area (Å²) < 4.78 is 9.25. The fourth-order valence-corrected chi connectivity index (χ4v) is 1.27. The van der Waals surface area contributed by atoms with Gasteiger partial charge in [-0.2, -0.15) is 0 Å². The molecule has 0 aromatic carbocycles. The molecule has 0 amide bonds. The Labute approximate surface area is 95.8 Å². The van der Waals surface area contributed by atoms with Crippen LogP contribution in [0.3, 0.4) is 0 Å². The Morgan fingerprint density at radius 3 is 2.50 bits per heavy atom. The molecular weight excluding hydrogens is 238 g/mol. The van der Waals surface area contributed by atoms with Gasteiger partial charge < -0.3 is 14.6 Å². The summed E-state index contributed by atoms with van der Waals surface area (Å²) in [5, 5.41) is 8.60. The molecule has 16 heavy (non-hydrogen) atoms. The lowest BCUT2D eigenvalue weighted by Gasteiger charge is -2.07. The molecule has 86 valence electrons. The average Bonchev–Trinajstić information content (AvgIpc) is 2.27. The highest BCUT2D eigenvalue weighted by atomic mass is 35.5. The van der Waals surface area contributed by atoms with Crippen LogP contribution < -0.4 is 4.74 Å². The molecule has 0 aliphatic carbocycles. The fourth-order valence-electron chi connectivity index (χ4n) is 1.03. The van der Waals surface area contributed by atoms with Gasteiger partial charge in [-0.25, -0.2) is 14.6 Å². The number of nitrogens with zero attached hydrogens (tertiary/aromatic N) is 1. The van der Waals surface area contributed by atoms with Gasteiger partial charge >= 0.3 is 11.9 Å². The van der Waals surface area contributed by atoms with Crippen molar-refractivity contribution in [1.29, 1.82) is 0 Å². The molecule has 1 rings (SSSR count). The van der Waals surface area contributed by atoms with E-state index in [-0.39, 0.29) is 22.2 Å². The molecule has 0 spiro atoms. The highest BCUT2D eigenvalue weighted by molar-refractivity contribution is 6.33. The minimum absolute atomic E-state index is 0.0278. The lowest BCUT2D eigenvalue weighted by molar-refractivity contribution is 0.0592. The van der Waals surface area contributed by atoms with Crippen LogP contribution >= 0.6 is 11.6 Å². The zero-order valence-electron chi connectivity index (χ0n) is 8.48. The Bertz CT molecular complexity index is 446. The van der Waals surface area contributed by atoms with E-state index in [1.165, 1.54) is 14.2 Å². The maximum atomic E-state index is 11.3. The molecule has 1 aromatic rings. The second-order valence-corrected chi connectivity index (χ2v) is 3.08. The molecule has 6 nitrogen and oxygen atoms in total. The topological polar surface area (TPSA) is 85.7 Å². The first-order valence-electron chi connectivity index (χ1n) is 4.07. The summed E-state index contributed by atoms with van der Waals surface area (Å²) in [5.41, 5.74) is -0.411. The van der Waals surface area contributed by atoms with Gasteiger partial charge in [-0.3, -0.25) is 0 Å². The number of pyridine rings is 1. The Morgan fingerprint density at radius 1 is 1.44 bits per heavy atom. The van der Waals surface area contributed by atoms with Crippen LogP contribution in [-0.4, -0.2) is 36.2 Å². The molecule has 0 radical (unpaired) electrons. The summed E-state index contributed by atoms with van der Waals surface area (Å²) >= 11 is 5.65. The van der Waals surface area contributed by atoms with Crippen LogP contribution in [-0.2, 0) is 4.74 Å². The van der Waals surface area contributed by atoms with E-state index in [1.807, 2.05) is 0 Å². The number of aromatic nitrogens is 1. The molecule has 0 aliphatic heterocycles. The van der Waals surface area contributed by atoms with E-state index in [1.54, 1.807) is 0 Å². The number of carboxylic acids is 1. The number of aromatic carboxylic acids is 1. The minimum atomic E-state index is -1.31. The van der Waals surface area contributed by atoms with Crippen LogP contribution in [0.1, 0.15) is 20.8 Å². The zero-order valence-corrected chi connectivity index (χ0v) is 9.24. The van der Waals surface area contributed by atoms with Gasteiger partial charge in [0.15, 0.2) is 5.69 Å². The summed E-state index contributed by atoms with van der Waals surface area (Å²) in [6.07, 6.45) is 0. The monoisotopic (exact) mass is 245 g/mol. The summed E-state index contributed by atoms with van der Waals surface area (Å²) in [5.74, 6) is -2.16. The van der Waals surface area contributed by atoms with Gasteiger partial charge in [0, 0.05) is 0 Å². The number of carboxylic acid groups (broad SMARTS) is 1. The molecule has 0 bridgehead atoms. The van der Waals surface area contributed by atoms with Crippen LogP contribution in [0.5, 0.6) is 5.88 Å². The second-order valence-electron chi connectivity index (χ2n) is 2.67. The first kappa shape index (κ1) is 12.3. The summed E-state index contributed by atoms with van der Waals surface area (Å²) in [7, 11) is 2.44. The molecule has 0 saturated carbocycles. The Balaban J connectivity index is 3.37. The number of methoxy groups -OCH3 is 2. The first-order chi connectivity index (χ1) is 7.51. The van der Waals surface area contributed by atoms with Gasteiger partial charge in [0.25, 0.3) is 0 Å². The van der Waals surface area contributed by atoms with Crippen molar-refractivity contribution >= 4 is 23.5 Å². The molecule has 1 N–H and O–H groups in total. The predicted molar refractivity (Wildman–Crippen MR) is 54.1 cm³/mol. The van der Waals surface area contributed by atoms with E-state index in [0.717, 1.165) is 6.07 Å². The number of hydrogen-bond acceptors (Lipinski definition) is 5. The standard InChI is InChI=1S/C9H8ClNO5/c1-15-7-4(9(14)16-2)3-5(10)6(11-7)8(12)13/h3H,1-2H3,(H,12,13). The minimum Gasteiger partial charge on any atom is -0.480 e. The largest absolute Gasteiger partial charge is 0.480 e. The van der Waals surface area contributed by atoms with Crippen LogP contribution in [0, 0.1) is 0 Å². The van der Waals surface area contributed by atoms with Crippen molar-refractivity contribution in [2.45, 2.75) is 0 Å². The number of hydrogen-bond donors (Lipinski definition) is 1. The highest BCUT2D eigenvalue weighted by Crippen LogP contribution is 2.24. The number of ether oxygens (including phenoxy) is 2. The molecule has 1 aromatic heterocycles. The normalized spacial score (nSPS) is 9.69. The molecule has 1 heterocycles. The number of halogens is 1.